The van der Waals surface area contributed by atoms with Crippen molar-refractivity contribution >= 4 is 0 Å². The zero-order valence-corrected chi connectivity index (χ0v) is 15.5. The molecule has 0 N–H and O–H groups in total. The van der Waals surface area contributed by atoms with Crippen LogP contribution in [0.3, 0.4) is 0 Å². The lowest BCUT2D eigenvalue weighted by Crippen LogP contribution is -2.35. The Morgan fingerprint density at radius 3 is 2.14 bits per heavy atom. The lowest BCUT2D eigenvalue weighted by molar-refractivity contribution is 0.207. The van der Waals surface area contributed by atoms with Crippen molar-refractivity contribution in [3.8, 4) is 0 Å². The molecule has 0 saturated carbocycles. The molecule has 0 amide bonds. The topological polar surface area (TPSA) is 15.7 Å². The van der Waals surface area contributed by atoms with E-state index in [2.05, 4.69) is 64.5 Å². The molecular weight excluding hydrogens is 260 g/mol. The molecule has 0 aromatic rings. The van der Waals surface area contributed by atoms with Crippen molar-refractivity contribution in [3.63, 3.8) is 0 Å². The Hall–Kier alpha value is -0.960. The summed E-state index contributed by atoms with van der Waals surface area (Å²) in [6, 6.07) is 0.630. The zero-order chi connectivity index (χ0) is 16.4. The molecule has 0 aliphatic heterocycles. The fraction of sp³-hybridized carbons (Fsp3) is 0.778. The van der Waals surface area contributed by atoms with E-state index in [9.17, 15) is 0 Å². The Balaban J connectivity index is 4.62. The molecule has 3 nitrogen and oxygen atoms in total. The van der Waals surface area contributed by atoms with Gasteiger partial charge in [-0.25, -0.2) is 0 Å². The second-order valence-corrected chi connectivity index (χ2v) is 5.77. The number of hydrogen-bond acceptors (Lipinski definition) is 3. The van der Waals surface area contributed by atoms with Crippen LogP contribution in [-0.2, 0) is 4.74 Å². The van der Waals surface area contributed by atoms with E-state index < -0.39 is 0 Å². The number of rotatable bonds is 10. The molecule has 0 heterocycles. The van der Waals surface area contributed by atoms with E-state index >= 15 is 0 Å². The first-order valence-electron chi connectivity index (χ1n) is 8.28. The monoisotopic (exact) mass is 296 g/mol. The average molecular weight is 296 g/mol. The number of hydrogen-bond donors (Lipinski definition) is 0. The summed E-state index contributed by atoms with van der Waals surface area (Å²) in [5.41, 5.74) is 2.55. The molecule has 0 bridgehead atoms. The largest absolute Gasteiger partial charge is 0.497 e. The number of ether oxygens (including phenoxy) is 1. The Morgan fingerprint density at radius 2 is 1.71 bits per heavy atom. The minimum absolute atomic E-state index is 0.630. The van der Waals surface area contributed by atoms with Crippen molar-refractivity contribution in [1.82, 2.24) is 9.80 Å². The van der Waals surface area contributed by atoms with Crippen LogP contribution in [0.1, 0.15) is 54.4 Å². The van der Waals surface area contributed by atoms with Crippen LogP contribution in [0, 0.1) is 0 Å². The Morgan fingerprint density at radius 1 is 1.14 bits per heavy atom. The maximum atomic E-state index is 5.49. The van der Waals surface area contributed by atoms with Gasteiger partial charge in [0.25, 0.3) is 0 Å². The molecule has 0 aliphatic carbocycles. The van der Waals surface area contributed by atoms with E-state index in [4.69, 9.17) is 4.74 Å². The molecule has 0 saturated heterocycles. The molecule has 0 fully saturated rings. The normalized spacial score (nSPS) is 15.0. The Labute approximate surface area is 132 Å². The van der Waals surface area contributed by atoms with Crippen molar-refractivity contribution < 1.29 is 4.74 Å². The van der Waals surface area contributed by atoms with E-state index in [1.54, 1.807) is 7.11 Å². The fourth-order valence-electron chi connectivity index (χ4n) is 2.42. The fourth-order valence-corrected chi connectivity index (χ4v) is 2.42. The summed E-state index contributed by atoms with van der Waals surface area (Å²) in [7, 11) is 3.91. The van der Waals surface area contributed by atoms with Crippen LogP contribution in [0.15, 0.2) is 23.1 Å². The average Bonchev–Trinajstić information content (AvgIpc) is 2.50. The second kappa shape index (κ2) is 10.7. The van der Waals surface area contributed by atoms with Gasteiger partial charge in [0.1, 0.15) is 5.76 Å². The van der Waals surface area contributed by atoms with Gasteiger partial charge in [-0.15, -0.1) is 0 Å². The Bertz CT molecular complexity index is 343. The highest BCUT2D eigenvalue weighted by atomic mass is 16.5. The maximum Gasteiger partial charge on any atom is 0.119 e. The third-order valence-electron chi connectivity index (χ3n) is 4.43. The van der Waals surface area contributed by atoms with Crippen LogP contribution < -0.4 is 0 Å². The molecule has 3 heteroatoms. The predicted octanol–water partition coefficient (Wildman–Crippen LogP) is 4.27. The highest BCUT2D eigenvalue weighted by molar-refractivity contribution is 5.21. The first kappa shape index (κ1) is 20.0. The minimum atomic E-state index is 0.630. The molecule has 0 rings (SSSR count). The van der Waals surface area contributed by atoms with E-state index in [0.29, 0.717) is 6.04 Å². The van der Waals surface area contributed by atoms with Crippen LogP contribution in [0.2, 0.25) is 0 Å². The zero-order valence-electron chi connectivity index (χ0n) is 15.5. The van der Waals surface area contributed by atoms with Gasteiger partial charge in [0.2, 0.25) is 0 Å². The summed E-state index contributed by atoms with van der Waals surface area (Å²) in [4.78, 5) is 4.83. The number of allylic oxidation sites excluding steroid dienone is 3. The van der Waals surface area contributed by atoms with E-state index in [0.717, 1.165) is 31.8 Å². The van der Waals surface area contributed by atoms with Gasteiger partial charge >= 0.3 is 0 Å². The van der Waals surface area contributed by atoms with Crippen LogP contribution >= 0.6 is 0 Å². The van der Waals surface area contributed by atoms with Gasteiger partial charge in [-0.3, -0.25) is 0 Å². The third kappa shape index (κ3) is 7.03. The summed E-state index contributed by atoms with van der Waals surface area (Å²) in [5, 5.41) is 0. The van der Waals surface area contributed by atoms with Crippen molar-refractivity contribution in [1.29, 1.82) is 0 Å². The van der Waals surface area contributed by atoms with Crippen LogP contribution in [0.25, 0.3) is 0 Å². The molecule has 0 aromatic carbocycles. The van der Waals surface area contributed by atoms with Crippen molar-refractivity contribution in [3.05, 3.63) is 23.1 Å². The molecule has 0 spiro atoms. The summed E-state index contributed by atoms with van der Waals surface area (Å²) in [6.07, 6.45) is 4.36. The van der Waals surface area contributed by atoms with Gasteiger partial charge in [-0.05, 0) is 58.4 Å². The molecular formula is C18H36N2O. The molecule has 1 unspecified atom stereocenters. The van der Waals surface area contributed by atoms with Crippen molar-refractivity contribution in [2.45, 2.75) is 60.4 Å². The van der Waals surface area contributed by atoms with Crippen LogP contribution in [0.4, 0.5) is 0 Å². The second-order valence-electron chi connectivity index (χ2n) is 5.77. The summed E-state index contributed by atoms with van der Waals surface area (Å²) >= 11 is 0. The molecule has 124 valence electrons. The van der Waals surface area contributed by atoms with E-state index in [1.165, 1.54) is 17.7 Å². The first-order valence-corrected chi connectivity index (χ1v) is 8.28. The number of methoxy groups -OCH3 is 1. The Kier molecular flexibility index (Phi) is 10.2. The number of nitrogens with zero attached hydrogens (tertiary/aromatic N) is 2. The summed E-state index contributed by atoms with van der Waals surface area (Å²) < 4.78 is 5.49. The van der Waals surface area contributed by atoms with Gasteiger partial charge < -0.3 is 14.5 Å². The quantitative estimate of drug-likeness (QED) is 0.442. The van der Waals surface area contributed by atoms with Crippen LogP contribution in [0.5, 0.6) is 0 Å². The summed E-state index contributed by atoms with van der Waals surface area (Å²) in [6.45, 7) is 16.6. The van der Waals surface area contributed by atoms with Crippen molar-refractivity contribution in [2.75, 3.05) is 33.8 Å². The predicted molar refractivity (Wildman–Crippen MR) is 93.4 cm³/mol. The van der Waals surface area contributed by atoms with Crippen LogP contribution in [-0.4, -0.2) is 49.6 Å². The van der Waals surface area contributed by atoms with E-state index in [1.807, 2.05) is 0 Å². The molecule has 1 atom stereocenters. The molecule has 0 radical (unpaired) electrons. The van der Waals surface area contributed by atoms with E-state index in [-0.39, 0.29) is 0 Å². The van der Waals surface area contributed by atoms with Gasteiger partial charge in [0.05, 0.1) is 7.11 Å². The summed E-state index contributed by atoms with van der Waals surface area (Å²) in [5.74, 6) is 0.999. The molecule has 21 heavy (non-hydrogen) atoms. The van der Waals surface area contributed by atoms with Gasteiger partial charge in [-0.2, -0.15) is 0 Å². The minimum Gasteiger partial charge on any atom is -0.497 e. The standard InChI is InChI=1S/C18H36N2O/c1-9-15(4)18(21-8)14-17(6)19(7)13-12-16(5)20(10-2)11-3/h14,16H,9-13H2,1-8H3/b17-14+,18-15+. The SMILES string of the molecule is CC/C(C)=C(\C=C(/C)N(C)CCC(C)N(CC)CC)OC. The lowest BCUT2D eigenvalue weighted by Gasteiger charge is -2.29. The molecule has 0 aliphatic rings. The van der Waals surface area contributed by atoms with Gasteiger partial charge in [0, 0.05) is 25.3 Å². The van der Waals surface area contributed by atoms with Gasteiger partial charge in [-0.1, -0.05) is 20.8 Å². The van der Waals surface area contributed by atoms with Gasteiger partial charge in [0.15, 0.2) is 0 Å². The lowest BCUT2D eigenvalue weighted by atomic mass is 10.1. The molecule has 0 aromatic heterocycles. The highest BCUT2D eigenvalue weighted by Crippen LogP contribution is 2.14. The highest BCUT2D eigenvalue weighted by Gasteiger charge is 2.11. The smallest absolute Gasteiger partial charge is 0.119 e. The third-order valence-corrected chi connectivity index (χ3v) is 4.43. The van der Waals surface area contributed by atoms with Crippen molar-refractivity contribution in [2.24, 2.45) is 0 Å². The maximum absolute atomic E-state index is 5.49. The first-order chi connectivity index (χ1) is 9.90.